The molecule has 2 rings (SSSR count). The van der Waals surface area contributed by atoms with Gasteiger partial charge in [-0.05, 0) is 6.92 Å². The van der Waals surface area contributed by atoms with Crippen molar-refractivity contribution in [3.8, 4) is 0 Å². The zero-order valence-electron chi connectivity index (χ0n) is 11.0. The van der Waals surface area contributed by atoms with E-state index in [-0.39, 0.29) is 0 Å². The molecular weight excluding hydrogens is 248 g/mol. The van der Waals surface area contributed by atoms with Crippen molar-refractivity contribution in [2.45, 2.75) is 40.2 Å². The fraction of sp³-hybridized carbons (Fsp3) is 0.636. The van der Waals surface area contributed by atoms with Crippen molar-refractivity contribution in [2.75, 3.05) is 11.9 Å². The fourth-order valence-corrected chi connectivity index (χ4v) is 2.42. The number of rotatable bonds is 6. The van der Waals surface area contributed by atoms with Crippen molar-refractivity contribution in [2.24, 2.45) is 0 Å². The van der Waals surface area contributed by atoms with E-state index < -0.39 is 0 Å². The highest BCUT2D eigenvalue weighted by Crippen LogP contribution is 2.16. The lowest BCUT2D eigenvalue weighted by Gasteiger charge is -2.00. The molecular formula is C11H18N6S. The van der Waals surface area contributed by atoms with Crippen LogP contribution in [0, 0.1) is 0 Å². The van der Waals surface area contributed by atoms with Gasteiger partial charge in [-0.1, -0.05) is 25.2 Å². The third-order valence-electron chi connectivity index (χ3n) is 2.50. The largest absolute Gasteiger partial charge is 0.360 e. The number of hydrogen-bond acceptors (Lipinski definition) is 6. The zero-order chi connectivity index (χ0) is 13.0. The van der Waals surface area contributed by atoms with Gasteiger partial charge in [0.15, 0.2) is 5.82 Å². The summed E-state index contributed by atoms with van der Waals surface area (Å²) in [7, 11) is 0. The molecule has 6 nitrogen and oxygen atoms in total. The number of anilines is 1. The Morgan fingerprint density at radius 3 is 2.67 bits per heavy atom. The van der Waals surface area contributed by atoms with Gasteiger partial charge in [-0.25, -0.2) is 9.67 Å². The lowest BCUT2D eigenvalue weighted by Crippen LogP contribution is -2.06. The highest BCUT2D eigenvalue weighted by Gasteiger charge is 2.10. The van der Waals surface area contributed by atoms with Crippen molar-refractivity contribution >= 4 is 16.5 Å². The molecule has 0 spiro atoms. The zero-order valence-corrected chi connectivity index (χ0v) is 11.8. The SMILES string of the molecule is CCNc1nnc(Cn2nc(CC)nc2CC)s1. The summed E-state index contributed by atoms with van der Waals surface area (Å²) in [6, 6.07) is 0. The van der Waals surface area contributed by atoms with Crippen molar-refractivity contribution in [1.82, 2.24) is 25.0 Å². The second kappa shape index (κ2) is 5.90. The summed E-state index contributed by atoms with van der Waals surface area (Å²) in [5.74, 6) is 1.90. The molecule has 98 valence electrons. The Balaban J connectivity index is 2.14. The average Bonchev–Trinajstić information content (AvgIpc) is 2.97. The molecule has 18 heavy (non-hydrogen) atoms. The van der Waals surface area contributed by atoms with Gasteiger partial charge < -0.3 is 5.32 Å². The van der Waals surface area contributed by atoms with E-state index in [0.29, 0.717) is 6.54 Å². The molecule has 0 radical (unpaired) electrons. The highest BCUT2D eigenvalue weighted by atomic mass is 32.1. The van der Waals surface area contributed by atoms with E-state index >= 15 is 0 Å². The summed E-state index contributed by atoms with van der Waals surface area (Å²) in [4.78, 5) is 4.48. The maximum Gasteiger partial charge on any atom is 0.205 e. The summed E-state index contributed by atoms with van der Waals surface area (Å²) in [6.45, 7) is 7.70. The Bertz CT molecular complexity index is 503. The molecule has 0 saturated heterocycles. The van der Waals surface area contributed by atoms with E-state index in [2.05, 4.69) is 39.4 Å². The van der Waals surface area contributed by atoms with Crippen LogP contribution in [0.2, 0.25) is 0 Å². The van der Waals surface area contributed by atoms with Crippen molar-refractivity contribution in [1.29, 1.82) is 0 Å². The van der Waals surface area contributed by atoms with Crippen LogP contribution < -0.4 is 5.32 Å². The summed E-state index contributed by atoms with van der Waals surface area (Å²) >= 11 is 1.57. The van der Waals surface area contributed by atoms with Gasteiger partial charge in [-0.15, -0.1) is 10.2 Å². The first-order valence-electron chi connectivity index (χ1n) is 6.25. The van der Waals surface area contributed by atoms with Gasteiger partial charge in [-0.3, -0.25) is 0 Å². The Morgan fingerprint density at radius 1 is 1.17 bits per heavy atom. The highest BCUT2D eigenvalue weighted by molar-refractivity contribution is 7.15. The predicted molar refractivity (Wildman–Crippen MR) is 72.0 cm³/mol. The van der Waals surface area contributed by atoms with Crippen LogP contribution in [0.25, 0.3) is 0 Å². The minimum Gasteiger partial charge on any atom is -0.360 e. The van der Waals surface area contributed by atoms with E-state index in [9.17, 15) is 0 Å². The van der Waals surface area contributed by atoms with E-state index in [1.807, 2.05) is 11.6 Å². The molecule has 2 aromatic heterocycles. The summed E-state index contributed by atoms with van der Waals surface area (Å²) in [5.41, 5.74) is 0. The van der Waals surface area contributed by atoms with Crippen LogP contribution in [0.3, 0.4) is 0 Å². The molecule has 7 heteroatoms. The molecule has 0 atom stereocenters. The molecule has 0 amide bonds. The maximum atomic E-state index is 4.48. The van der Waals surface area contributed by atoms with Crippen LogP contribution in [-0.4, -0.2) is 31.5 Å². The van der Waals surface area contributed by atoms with E-state index in [4.69, 9.17) is 0 Å². The third-order valence-corrected chi connectivity index (χ3v) is 3.37. The fourth-order valence-electron chi connectivity index (χ4n) is 1.63. The maximum absolute atomic E-state index is 4.48. The molecule has 0 aliphatic carbocycles. The van der Waals surface area contributed by atoms with Gasteiger partial charge >= 0.3 is 0 Å². The Hall–Kier alpha value is -1.50. The van der Waals surface area contributed by atoms with Crippen molar-refractivity contribution < 1.29 is 0 Å². The lowest BCUT2D eigenvalue weighted by atomic mass is 10.4. The van der Waals surface area contributed by atoms with Crippen LogP contribution in [0.1, 0.15) is 37.4 Å². The average molecular weight is 266 g/mol. The van der Waals surface area contributed by atoms with Gasteiger partial charge in [0.25, 0.3) is 0 Å². The molecule has 0 aromatic carbocycles. The van der Waals surface area contributed by atoms with Gasteiger partial charge in [0.1, 0.15) is 10.8 Å². The second-order valence-electron chi connectivity index (χ2n) is 3.84. The summed E-state index contributed by atoms with van der Waals surface area (Å²) in [6.07, 6.45) is 1.74. The van der Waals surface area contributed by atoms with E-state index in [1.165, 1.54) is 0 Å². The molecule has 0 aliphatic heterocycles. The minimum absolute atomic E-state index is 0.652. The molecule has 0 unspecified atom stereocenters. The molecule has 2 heterocycles. The molecule has 0 saturated carbocycles. The van der Waals surface area contributed by atoms with E-state index in [0.717, 1.165) is 41.2 Å². The first-order valence-corrected chi connectivity index (χ1v) is 7.07. The molecule has 1 N–H and O–H groups in total. The van der Waals surface area contributed by atoms with Crippen LogP contribution in [0.15, 0.2) is 0 Å². The van der Waals surface area contributed by atoms with Crippen molar-refractivity contribution in [3.63, 3.8) is 0 Å². The monoisotopic (exact) mass is 266 g/mol. The lowest BCUT2D eigenvalue weighted by molar-refractivity contribution is 0.630. The first kappa shape index (κ1) is 12.9. The topological polar surface area (TPSA) is 68.5 Å². The molecule has 2 aromatic rings. The smallest absolute Gasteiger partial charge is 0.205 e. The molecule has 0 aliphatic rings. The first-order chi connectivity index (χ1) is 8.76. The van der Waals surface area contributed by atoms with Crippen molar-refractivity contribution in [3.05, 3.63) is 16.7 Å². The van der Waals surface area contributed by atoms with Crippen LogP contribution >= 0.6 is 11.3 Å². The Morgan fingerprint density at radius 2 is 2.00 bits per heavy atom. The second-order valence-corrected chi connectivity index (χ2v) is 4.90. The molecule has 0 bridgehead atoms. The third kappa shape index (κ3) is 2.84. The Labute approximate surface area is 110 Å². The molecule has 0 fully saturated rings. The number of hydrogen-bond donors (Lipinski definition) is 1. The number of aryl methyl sites for hydroxylation is 2. The van der Waals surface area contributed by atoms with Crippen LogP contribution in [0.5, 0.6) is 0 Å². The number of nitrogens with zero attached hydrogens (tertiary/aromatic N) is 5. The predicted octanol–water partition coefficient (Wildman–Crippen LogP) is 1.73. The summed E-state index contributed by atoms with van der Waals surface area (Å²) in [5, 5.41) is 17.7. The quantitative estimate of drug-likeness (QED) is 0.862. The normalized spacial score (nSPS) is 10.8. The Kier molecular flexibility index (Phi) is 4.24. The van der Waals surface area contributed by atoms with Gasteiger partial charge in [0.2, 0.25) is 5.13 Å². The standard InChI is InChI=1S/C11H18N6S/c1-4-8-13-9(5-2)17(16-8)7-10-14-15-11(18-10)12-6-3/h4-7H2,1-3H3,(H,12,15). The van der Waals surface area contributed by atoms with E-state index in [1.54, 1.807) is 11.3 Å². The van der Waals surface area contributed by atoms with Gasteiger partial charge in [0.05, 0.1) is 6.54 Å². The van der Waals surface area contributed by atoms with Gasteiger partial charge in [-0.2, -0.15) is 5.10 Å². The number of aromatic nitrogens is 5. The summed E-state index contributed by atoms with van der Waals surface area (Å²) < 4.78 is 1.93. The number of nitrogens with one attached hydrogen (secondary N) is 1. The van der Waals surface area contributed by atoms with Crippen LogP contribution in [-0.2, 0) is 19.4 Å². The minimum atomic E-state index is 0.652. The van der Waals surface area contributed by atoms with Crippen LogP contribution in [0.4, 0.5) is 5.13 Å². The van der Waals surface area contributed by atoms with Gasteiger partial charge in [0, 0.05) is 19.4 Å².